The molecular weight excluding hydrogens is 318 g/mol. The van der Waals surface area contributed by atoms with Gasteiger partial charge in [0.05, 0.1) is 0 Å². The van der Waals surface area contributed by atoms with Gasteiger partial charge in [-0.2, -0.15) is 0 Å². The third kappa shape index (κ3) is 4.61. The van der Waals surface area contributed by atoms with Gasteiger partial charge >= 0.3 is 0 Å². The van der Waals surface area contributed by atoms with Crippen LogP contribution in [0.25, 0.3) is 0 Å². The fourth-order valence-corrected chi connectivity index (χ4v) is 2.49. The first-order valence-electron chi connectivity index (χ1n) is 8.20. The van der Waals surface area contributed by atoms with Gasteiger partial charge in [0.25, 0.3) is 5.91 Å². The second-order valence-electron chi connectivity index (χ2n) is 8.26. The van der Waals surface area contributed by atoms with Crippen molar-refractivity contribution in [3.05, 3.63) is 64.2 Å². The molecule has 0 saturated carbocycles. The first-order chi connectivity index (χ1) is 11.0. The maximum Gasteiger partial charge on any atom is 0.255 e. The van der Waals surface area contributed by atoms with Crippen molar-refractivity contribution in [2.75, 3.05) is 5.32 Å². The topological polar surface area (TPSA) is 29.1 Å². The molecule has 0 saturated heterocycles. The van der Waals surface area contributed by atoms with Crippen molar-refractivity contribution in [3.8, 4) is 0 Å². The smallest absolute Gasteiger partial charge is 0.255 e. The third-order valence-electron chi connectivity index (χ3n) is 4.03. The van der Waals surface area contributed by atoms with Crippen molar-refractivity contribution in [2.45, 2.75) is 52.4 Å². The summed E-state index contributed by atoms with van der Waals surface area (Å²) in [6.45, 7) is 13.0. The zero-order valence-electron chi connectivity index (χ0n) is 15.3. The Labute approximate surface area is 150 Å². The molecule has 2 aromatic carbocycles. The highest BCUT2D eigenvalue weighted by Crippen LogP contribution is 2.30. The van der Waals surface area contributed by atoms with Crippen LogP contribution in [0.5, 0.6) is 0 Å². The van der Waals surface area contributed by atoms with E-state index in [0.717, 1.165) is 16.8 Å². The average molecular weight is 344 g/mol. The first-order valence-corrected chi connectivity index (χ1v) is 8.57. The van der Waals surface area contributed by atoms with Crippen LogP contribution in [-0.4, -0.2) is 5.91 Å². The Bertz CT molecular complexity index is 702. The maximum absolute atomic E-state index is 12.7. The fourth-order valence-electron chi connectivity index (χ4n) is 2.36. The summed E-state index contributed by atoms with van der Waals surface area (Å²) >= 11 is 5.89. The van der Waals surface area contributed by atoms with E-state index < -0.39 is 0 Å². The van der Waals surface area contributed by atoms with Gasteiger partial charge in [-0.3, -0.25) is 4.79 Å². The van der Waals surface area contributed by atoms with Crippen LogP contribution < -0.4 is 5.32 Å². The molecule has 0 aromatic heterocycles. The van der Waals surface area contributed by atoms with Crippen LogP contribution in [0.3, 0.4) is 0 Å². The van der Waals surface area contributed by atoms with E-state index in [9.17, 15) is 4.79 Å². The van der Waals surface area contributed by atoms with Crippen LogP contribution in [-0.2, 0) is 10.8 Å². The summed E-state index contributed by atoms with van der Waals surface area (Å²) in [7, 11) is 0. The lowest BCUT2D eigenvalue weighted by Gasteiger charge is -2.26. The highest BCUT2D eigenvalue weighted by atomic mass is 35.5. The van der Waals surface area contributed by atoms with E-state index in [0.29, 0.717) is 10.6 Å². The summed E-state index contributed by atoms with van der Waals surface area (Å²) in [4.78, 5) is 12.7. The number of rotatable bonds is 2. The second kappa shape index (κ2) is 6.60. The van der Waals surface area contributed by atoms with Gasteiger partial charge in [0.2, 0.25) is 0 Å². The lowest BCUT2D eigenvalue weighted by molar-refractivity contribution is 0.102. The molecule has 0 aliphatic carbocycles. The number of carbonyl (C=O) groups excluding carboxylic acids is 1. The van der Waals surface area contributed by atoms with Crippen molar-refractivity contribution in [1.29, 1.82) is 0 Å². The largest absolute Gasteiger partial charge is 0.322 e. The molecule has 2 aromatic rings. The maximum atomic E-state index is 12.7. The highest BCUT2D eigenvalue weighted by molar-refractivity contribution is 6.30. The summed E-state index contributed by atoms with van der Waals surface area (Å²) in [5, 5.41) is 3.60. The molecule has 1 N–H and O–H groups in total. The molecular formula is C21H26ClNO. The van der Waals surface area contributed by atoms with E-state index >= 15 is 0 Å². The van der Waals surface area contributed by atoms with Gasteiger partial charge < -0.3 is 5.32 Å². The van der Waals surface area contributed by atoms with Crippen LogP contribution in [0.2, 0.25) is 5.02 Å². The van der Waals surface area contributed by atoms with Gasteiger partial charge in [0, 0.05) is 16.3 Å². The van der Waals surface area contributed by atoms with E-state index in [1.54, 1.807) is 24.3 Å². The number of anilines is 1. The van der Waals surface area contributed by atoms with Crippen molar-refractivity contribution < 1.29 is 4.79 Å². The summed E-state index contributed by atoms with van der Waals surface area (Å²) in [5.74, 6) is -0.103. The SMILES string of the molecule is CC(C)(C)c1cc(C(=O)Nc2ccc(Cl)cc2)cc(C(C)(C)C)c1. The minimum atomic E-state index is -0.103. The van der Waals surface area contributed by atoms with Gasteiger partial charge in [-0.1, -0.05) is 59.2 Å². The van der Waals surface area contributed by atoms with Crippen LogP contribution >= 0.6 is 11.6 Å². The summed E-state index contributed by atoms with van der Waals surface area (Å²) in [6, 6.07) is 13.3. The number of halogens is 1. The Morgan fingerprint density at radius 1 is 0.833 bits per heavy atom. The number of hydrogen-bond acceptors (Lipinski definition) is 1. The minimum Gasteiger partial charge on any atom is -0.322 e. The van der Waals surface area contributed by atoms with E-state index in [-0.39, 0.29) is 16.7 Å². The molecule has 2 rings (SSSR count). The normalized spacial score (nSPS) is 12.1. The zero-order valence-corrected chi connectivity index (χ0v) is 16.1. The van der Waals surface area contributed by atoms with E-state index in [2.05, 4.69) is 52.9 Å². The summed E-state index contributed by atoms with van der Waals surface area (Å²) in [5.41, 5.74) is 3.71. The standard InChI is InChI=1S/C21H26ClNO/c1-20(2,3)15-11-14(12-16(13-15)21(4,5)6)19(24)23-18-9-7-17(22)8-10-18/h7-13H,1-6H3,(H,23,24). The lowest BCUT2D eigenvalue weighted by atomic mass is 9.79. The Morgan fingerprint density at radius 3 is 1.71 bits per heavy atom. The second-order valence-corrected chi connectivity index (χ2v) is 8.70. The number of amides is 1. The Balaban J connectivity index is 2.40. The molecule has 0 aliphatic heterocycles. The predicted octanol–water partition coefficient (Wildman–Crippen LogP) is 6.19. The summed E-state index contributed by atoms with van der Waals surface area (Å²) in [6.07, 6.45) is 0. The predicted molar refractivity (Wildman–Crippen MR) is 103 cm³/mol. The lowest BCUT2D eigenvalue weighted by Crippen LogP contribution is -2.20. The van der Waals surface area contributed by atoms with Gasteiger partial charge in [-0.25, -0.2) is 0 Å². The van der Waals surface area contributed by atoms with E-state index in [4.69, 9.17) is 11.6 Å². The Hall–Kier alpha value is -1.80. The van der Waals surface area contributed by atoms with Crippen molar-refractivity contribution >= 4 is 23.2 Å². The van der Waals surface area contributed by atoms with E-state index in [1.165, 1.54) is 0 Å². The Kier molecular flexibility index (Phi) is 5.10. The molecule has 3 heteroatoms. The molecule has 2 nitrogen and oxygen atoms in total. The number of nitrogens with one attached hydrogen (secondary N) is 1. The van der Waals surface area contributed by atoms with Gasteiger partial charge in [0.15, 0.2) is 0 Å². The molecule has 1 amide bonds. The zero-order chi connectivity index (χ0) is 18.1. The molecule has 0 bridgehead atoms. The number of hydrogen-bond donors (Lipinski definition) is 1. The fraction of sp³-hybridized carbons (Fsp3) is 0.381. The van der Waals surface area contributed by atoms with Crippen LogP contribution in [0.15, 0.2) is 42.5 Å². The molecule has 0 radical (unpaired) electrons. The first kappa shape index (κ1) is 18.5. The highest BCUT2D eigenvalue weighted by Gasteiger charge is 2.22. The number of carbonyl (C=O) groups is 1. The number of benzene rings is 2. The van der Waals surface area contributed by atoms with Crippen molar-refractivity contribution in [1.82, 2.24) is 0 Å². The molecule has 0 unspecified atom stereocenters. The van der Waals surface area contributed by atoms with Gasteiger partial charge in [-0.05, 0) is 58.4 Å². The van der Waals surface area contributed by atoms with E-state index in [1.807, 2.05) is 12.1 Å². The minimum absolute atomic E-state index is 0.0173. The Morgan fingerprint density at radius 2 is 1.29 bits per heavy atom. The quantitative estimate of drug-likeness (QED) is 0.692. The molecule has 0 atom stereocenters. The summed E-state index contributed by atoms with van der Waals surface area (Å²) < 4.78 is 0. The molecule has 128 valence electrons. The van der Waals surface area contributed by atoms with Gasteiger partial charge in [-0.15, -0.1) is 0 Å². The molecule has 0 fully saturated rings. The van der Waals surface area contributed by atoms with Crippen LogP contribution in [0.4, 0.5) is 5.69 Å². The average Bonchev–Trinajstić information content (AvgIpc) is 2.47. The molecule has 0 aliphatic rings. The van der Waals surface area contributed by atoms with Crippen LogP contribution in [0.1, 0.15) is 63.0 Å². The van der Waals surface area contributed by atoms with Crippen LogP contribution in [0, 0.1) is 0 Å². The third-order valence-corrected chi connectivity index (χ3v) is 4.28. The molecule has 24 heavy (non-hydrogen) atoms. The monoisotopic (exact) mass is 343 g/mol. The molecule has 0 spiro atoms. The van der Waals surface area contributed by atoms with Crippen molar-refractivity contribution in [2.24, 2.45) is 0 Å². The van der Waals surface area contributed by atoms with Gasteiger partial charge in [0.1, 0.15) is 0 Å². The van der Waals surface area contributed by atoms with Crippen molar-refractivity contribution in [3.63, 3.8) is 0 Å². The molecule has 0 heterocycles.